The molecule has 0 unspecified atom stereocenters. The third-order valence-corrected chi connectivity index (χ3v) is 3.01. The first-order valence-electron chi connectivity index (χ1n) is 6.23. The van der Waals surface area contributed by atoms with E-state index in [0.29, 0.717) is 23.5 Å². The van der Waals surface area contributed by atoms with Crippen LogP contribution >= 0.6 is 0 Å². The van der Waals surface area contributed by atoms with Crippen molar-refractivity contribution in [3.63, 3.8) is 0 Å². The van der Waals surface area contributed by atoms with E-state index in [2.05, 4.69) is 25.6 Å². The Morgan fingerprint density at radius 3 is 2.80 bits per heavy atom. The molecule has 3 aromatic rings. The van der Waals surface area contributed by atoms with Crippen molar-refractivity contribution in [3.05, 3.63) is 42.0 Å². The smallest absolute Gasteiger partial charge is 0.183 e. The minimum absolute atomic E-state index is 0.223. The molecule has 0 radical (unpaired) electrons. The number of aryl methyl sites for hydroxylation is 1. The van der Waals surface area contributed by atoms with Crippen molar-refractivity contribution >= 4 is 17.0 Å². The largest absolute Gasteiger partial charge is 0.368 e. The molecule has 1 N–H and O–H groups in total. The monoisotopic (exact) mass is 272 g/mol. The van der Waals surface area contributed by atoms with E-state index in [-0.39, 0.29) is 5.82 Å². The van der Waals surface area contributed by atoms with E-state index in [1.165, 1.54) is 18.5 Å². The molecule has 0 atom stereocenters. The Balaban J connectivity index is 1.69. The van der Waals surface area contributed by atoms with Gasteiger partial charge in [0.25, 0.3) is 0 Å². The second-order valence-electron chi connectivity index (χ2n) is 4.41. The van der Waals surface area contributed by atoms with Gasteiger partial charge in [-0.2, -0.15) is 0 Å². The Labute approximate surface area is 114 Å². The average molecular weight is 272 g/mol. The Morgan fingerprint density at radius 1 is 1.20 bits per heavy atom. The van der Waals surface area contributed by atoms with Crippen LogP contribution < -0.4 is 5.32 Å². The summed E-state index contributed by atoms with van der Waals surface area (Å²) >= 11 is 0. The molecule has 0 amide bonds. The predicted molar refractivity (Wildman–Crippen MR) is 72.7 cm³/mol. The number of fused-ring (bicyclic) bond motifs is 1. The molecule has 0 aliphatic heterocycles. The summed E-state index contributed by atoms with van der Waals surface area (Å²) in [6.07, 6.45) is 2.25. The number of halogens is 1. The van der Waals surface area contributed by atoms with Gasteiger partial charge >= 0.3 is 0 Å². The van der Waals surface area contributed by atoms with Crippen molar-refractivity contribution in [1.82, 2.24) is 25.0 Å². The zero-order valence-corrected chi connectivity index (χ0v) is 10.9. The lowest BCUT2D eigenvalue weighted by Gasteiger charge is -2.05. The van der Waals surface area contributed by atoms with Crippen LogP contribution in [0.15, 0.2) is 30.6 Å². The van der Waals surface area contributed by atoms with E-state index < -0.39 is 0 Å². The number of rotatable bonds is 4. The minimum atomic E-state index is -0.223. The summed E-state index contributed by atoms with van der Waals surface area (Å²) in [5, 5.41) is 11.1. The average Bonchev–Trinajstić information content (AvgIpc) is 2.84. The fourth-order valence-corrected chi connectivity index (χ4v) is 1.96. The number of benzene rings is 1. The molecule has 3 rings (SSSR count). The minimum Gasteiger partial charge on any atom is -0.368 e. The second kappa shape index (κ2) is 5.20. The Bertz CT molecular complexity index is 721. The fourth-order valence-electron chi connectivity index (χ4n) is 1.96. The number of nitrogens with zero attached hydrogens (tertiary/aromatic N) is 5. The Kier molecular flexibility index (Phi) is 3.24. The maximum Gasteiger partial charge on any atom is 0.183 e. The van der Waals surface area contributed by atoms with E-state index in [1.807, 2.05) is 0 Å². The van der Waals surface area contributed by atoms with Crippen LogP contribution in [0.1, 0.15) is 5.56 Å². The van der Waals surface area contributed by atoms with E-state index in [1.54, 1.807) is 23.9 Å². The van der Waals surface area contributed by atoms with Crippen LogP contribution in [0.4, 0.5) is 10.2 Å². The van der Waals surface area contributed by atoms with Crippen molar-refractivity contribution in [2.45, 2.75) is 6.42 Å². The van der Waals surface area contributed by atoms with Gasteiger partial charge < -0.3 is 5.32 Å². The van der Waals surface area contributed by atoms with Crippen molar-refractivity contribution in [3.8, 4) is 0 Å². The first-order chi connectivity index (χ1) is 9.74. The number of hydrogen-bond donors (Lipinski definition) is 1. The molecule has 6 nitrogen and oxygen atoms in total. The molecular formula is C13H13FN6. The lowest BCUT2D eigenvalue weighted by Crippen LogP contribution is -2.07. The van der Waals surface area contributed by atoms with E-state index in [4.69, 9.17) is 0 Å². The summed E-state index contributed by atoms with van der Waals surface area (Å²) in [4.78, 5) is 8.29. The maximum atomic E-state index is 12.8. The van der Waals surface area contributed by atoms with Gasteiger partial charge in [0.1, 0.15) is 12.1 Å². The van der Waals surface area contributed by atoms with Crippen LogP contribution in [0.25, 0.3) is 11.2 Å². The Morgan fingerprint density at radius 2 is 2.00 bits per heavy atom. The van der Waals surface area contributed by atoms with Gasteiger partial charge in [-0.3, -0.25) is 0 Å². The lowest BCUT2D eigenvalue weighted by molar-refractivity contribution is 0.627. The highest BCUT2D eigenvalue weighted by atomic mass is 19.1. The van der Waals surface area contributed by atoms with Crippen LogP contribution in [0, 0.1) is 5.82 Å². The molecule has 1 aromatic carbocycles. The number of nitrogens with one attached hydrogen (secondary N) is 1. The zero-order chi connectivity index (χ0) is 13.9. The topological polar surface area (TPSA) is 68.5 Å². The molecule has 20 heavy (non-hydrogen) atoms. The quantitative estimate of drug-likeness (QED) is 0.780. The maximum absolute atomic E-state index is 12.8. The highest BCUT2D eigenvalue weighted by molar-refractivity contribution is 5.81. The molecular weight excluding hydrogens is 259 g/mol. The molecule has 102 valence electrons. The molecule has 0 fully saturated rings. The van der Waals surface area contributed by atoms with Gasteiger partial charge in [0, 0.05) is 13.6 Å². The van der Waals surface area contributed by atoms with Crippen molar-refractivity contribution in [2.75, 3.05) is 11.9 Å². The lowest BCUT2D eigenvalue weighted by atomic mass is 10.1. The summed E-state index contributed by atoms with van der Waals surface area (Å²) in [6, 6.07) is 6.46. The van der Waals surface area contributed by atoms with Crippen LogP contribution in [-0.2, 0) is 13.5 Å². The molecule has 7 heteroatoms. The highest BCUT2D eigenvalue weighted by Crippen LogP contribution is 2.14. The number of anilines is 1. The number of hydrogen-bond acceptors (Lipinski definition) is 5. The number of aromatic nitrogens is 5. The Hall–Kier alpha value is -2.57. The van der Waals surface area contributed by atoms with Crippen LogP contribution in [0.2, 0.25) is 0 Å². The molecule has 0 spiro atoms. The molecule has 0 aliphatic rings. The molecule has 0 saturated carbocycles. The first-order valence-corrected chi connectivity index (χ1v) is 6.23. The van der Waals surface area contributed by atoms with Crippen molar-refractivity contribution in [1.29, 1.82) is 0 Å². The van der Waals surface area contributed by atoms with Gasteiger partial charge in [-0.25, -0.2) is 19.0 Å². The molecule has 0 aliphatic carbocycles. The van der Waals surface area contributed by atoms with Crippen molar-refractivity contribution in [2.24, 2.45) is 7.05 Å². The van der Waals surface area contributed by atoms with Gasteiger partial charge in [0.05, 0.1) is 0 Å². The highest BCUT2D eigenvalue weighted by Gasteiger charge is 2.08. The van der Waals surface area contributed by atoms with Gasteiger partial charge in [-0.05, 0) is 24.1 Å². The third kappa shape index (κ3) is 2.42. The summed E-state index contributed by atoms with van der Waals surface area (Å²) in [5.74, 6) is 0.434. The fraction of sp³-hybridized carbons (Fsp3) is 0.231. The van der Waals surface area contributed by atoms with E-state index >= 15 is 0 Å². The summed E-state index contributed by atoms with van der Waals surface area (Å²) in [7, 11) is 1.78. The normalized spacial score (nSPS) is 10.9. The zero-order valence-electron chi connectivity index (χ0n) is 10.9. The van der Waals surface area contributed by atoms with Gasteiger partial charge in [0.2, 0.25) is 0 Å². The third-order valence-electron chi connectivity index (χ3n) is 3.01. The van der Waals surface area contributed by atoms with E-state index in [9.17, 15) is 4.39 Å². The van der Waals surface area contributed by atoms with Crippen LogP contribution in [0.3, 0.4) is 0 Å². The van der Waals surface area contributed by atoms with Gasteiger partial charge in [-0.15, -0.1) is 5.10 Å². The second-order valence-corrected chi connectivity index (χ2v) is 4.41. The van der Waals surface area contributed by atoms with Gasteiger partial charge in [0.15, 0.2) is 17.0 Å². The van der Waals surface area contributed by atoms with Crippen LogP contribution in [-0.4, -0.2) is 31.5 Å². The first kappa shape index (κ1) is 12.5. The molecule has 2 heterocycles. The summed E-state index contributed by atoms with van der Waals surface area (Å²) in [5.41, 5.74) is 2.39. The van der Waals surface area contributed by atoms with Crippen molar-refractivity contribution < 1.29 is 4.39 Å². The van der Waals surface area contributed by atoms with Crippen LogP contribution in [0.5, 0.6) is 0 Å². The van der Waals surface area contributed by atoms with Gasteiger partial charge in [-0.1, -0.05) is 17.3 Å². The SMILES string of the molecule is Cn1nnc2c(NCCc3ccc(F)cc3)ncnc21. The molecule has 0 bridgehead atoms. The standard InChI is InChI=1S/C13H13FN6/c1-20-13-11(18-19-20)12(16-8-17-13)15-7-6-9-2-4-10(14)5-3-9/h2-5,8H,6-7H2,1H3,(H,15,16,17). The summed E-state index contributed by atoms with van der Waals surface area (Å²) in [6.45, 7) is 0.675. The molecule has 0 saturated heterocycles. The predicted octanol–water partition coefficient (Wildman–Crippen LogP) is 1.55. The van der Waals surface area contributed by atoms with E-state index in [0.717, 1.165) is 12.0 Å². The summed E-state index contributed by atoms with van der Waals surface area (Å²) < 4.78 is 14.4. The molecule has 2 aromatic heterocycles.